The summed E-state index contributed by atoms with van der Waals surface area (Å²) < 4.78 is 14.9. The second-order valence-corrected chi connectivity index (χ2v) is 7.62. The van der Waals surface area contributed by atoms with Crippen molar-refractivity contribution < 1.29 is 4.39 Å². The summed E-state index contributed by atoms with van der Waals surface area (Å²) in [4.78, 5) is 6.15. The van der Waals surface area contributed by atoms with E-state index in [1.54, 1.807) is 6.07 Å². The fourth-order valence-corrected chi connectivity index (χ4v) is 4.02. The lowest BCUT2D eigenvalue weighted by Crippen LogP contribution is -2.36. The predicted molar refractivity (Wildman–Crippen MR) is 103 cm³/mol. The summed E-state index contributed by atoms with van der Waals surface area (Å²) in [6.07, 6.45) is 0.870. The van der Waals surface area contributed by atoms with Gasteiger partial charge in [-0.3, -0.25) is 0 Å². The predicted octanol–water partition coefficient (Wildman–Crippen LogP) is 5.46. The van der Waals surface area contributed by atoms with Crippen LogP contribution in [0.1, 0.15) is 16.8 Å². The Morgan fingerprint density at radius 1 is 1.25 bits per heavy atom. The maximum absolute atomic E-state index is 14.1. The maximum Gasteiger partial charge on any atom is 0.129 e. The fraction of sp³-hybridized carbons (Fsp3) is 0.167. The highest BCUT2D eigenvalue weighted by Gasteiger charge is 2.25. The average molecular weight is 424 g/mol. The van der Waals surface area contributed by atoms with Crippen molar-refractivity contribution in [2.45, 2.75) is 13.0 Å². The third-order valence-corrected chi connectivity index (χ3v) is 5.57. The van der Waals surface area contributed by atoms with E-state index in [1.807, 2.05) is 29.2 Å². The Kier molecular flexibility index (Phi) is 4.11. The molecule has 3 aromatic rings. The number of halogens is 3. The summed E-state index contributed by atoms with van der Waals surface area (Å²) in [5.41, 5.74) is 3.81. The number of H-pyrrole nitrogens is 1. The number of aromatic amines is 1. The summed E-state index contributed by atoms with van der Waals surface area (Å²) >= 11 is 15.0. The van der Waals surface area contributed by atoms with Crippen LogP contribution in [0.25, 0.3) is 10.9 Å². The molecule has 0 atom stereocenters. The number of benzene rings is 2. The lowest BCUT2D eigenvalue weighted by atomic mass is 10.0. The van der Waals surface area contributed by atoms with E-state index in [-0.39, 0.29) is 5.82 Å². The monoisotopic (exact) mass is 422 g/mol. The number of thiocarbonyl (C=S) groups is 1. The molecule has 0 spiro atoms. The van der Waals surface area contributed by atoms with Crippen LogP contribution in [0.5, 0.6) is 0 Å². The topological polar surface area (TPSA) is 19.0 Å². The Bertz CT molecular complexity index is 969. The van der Waals surface area contributed by atoms with Gasteiger partial charge in [-0.2, -0.15) is 0 Å². The molecule has 0 bridgehead atoms. The van der Waals surface area contributed by atoms with Gasteiger partial charge in [0.05, 0.1) is 5.69 Å². The average Bonchev–Trinajstić information content (AvgIpc) is 2.90. The third-order valence-electron chi connectivity index (χ3n) is 4.38. The largest absolute Gasteiger partial charge is 0.356 e. The van der Waals surface area contributed by atoms with E-state index in [9.17, 15) is 4.39 Å². The van der Waals surface area contributed by atoms with E-state index in [4.69, 9.17) is 23.8 Å². The molecule has 0 fully saturated rings. The van der Waals surface area contributed by atoms with Crippen molar-refractivity contribution in [3.63, 3.8) is 0 Å². The van der Waals surface area contributed by atoms with Gasteiger partial charge in [-0.1, -0.05) is 51.9 Å². The first-order valence-corrected chi connectivity index (χ1v) is 9.14. The summed E-state index contributed by atoms with van der Waals surface area (Å²) in [5, 5.41) is 1.85. The second-order valence-electron chi connectivity index (χ2n) is 5.88. The summed E-state index contributed by atoms with van der Waals surface area (Å²) in [5.74, 6) is -0.221. The van der Waals surface area contributed by atoms with E-state index < -0.39 is 0 Å². The first kappa shape index (κ1) is 16.1. The van der Waals surface area contributed by atoms with E-state index in [0.29, 0.717) is 17.1 Å². The Balaban J connectivity index is 1.67. The van der Waals surface area contributed by atoms with Crippen molar-refractivity contribution >= 4 is 55.6 Å². The van der Waals surface area contributed by atoms with Crippen molar-refractivity contribution in [3.8, 4) is 0 Å². The molecule has 4 rings (SSSR count). The zero-order valence-corrected chi connectivity index (χ0v) is 15.7. The molecule has 0 amide bonds. The number of nitrogens with one attached hydrogen (secondary N) is 1. The van der Waals surface area contributed by atoms with Gasteiger partial charge in [0.25, 0.3) is 0 Å². The highest BCUT2D eigenvalue weighted by Crippen LogP contribution is 2.30. The van der Waals surface area contributed by atoms with Crippen LogP contribution in [-0.2, 0) is 13.0 Å². The quantitative estimate of drug-likeness (QED) is 0.552. The van der Waals surface area contributed by atoms with E-state index >= 15 is 0 Å². The van der Waals surface area contributed by atoms with Gasteiger partial charge >= 0.3 is 0 Å². The first-order chi connectivity index (χ1) is 11.5. The van der Waals surface area contributed by atoms with Crippen molar-refractivity contribution in [1.29, 1.82) is 0 Å². The second kappa shape index (κ2) is 6.14. The number of aromatic nitrogens is 1. The molecule has 122 valence electrons. The SMILES string of the molecule is Fc1cc(Br)ccc1CN1CCc2c([nH]c3cc(Cl)ccc23)C1=S. The minimum Gasteiger partial charge on any atom is -0.356 e. The number of hydrogen-bond acceptors (Lipinski definition) is 1. The molecule has 2 nitrogen and oxygen atoms in total. The first-order valence-electron chi connectivity index (χ1n) is 7.56. The van der Waals surface area contributed by atoms with Crippen LogP contribution in [-0.4, -0.2) is 21.4 Å². The molecule has 1 aliphatic heterocycles. The normalized spacial score (nSPS) is 14.3. The maximum atomic E-state index is 14.1. The van der Waals surface area contributed by atoms with Crippen molar-refractivity contribution in [2.24, 2.45) is 0 Å². The van der Waals surface area contributed by atoms with Gasteiger partial charge in [0.1, 0.15) is 10.8 Å². The molecular weight excluding hydrogens is 411 g/mol. The fourth-order valence-electron chi connectivity index (χ4n) is 3.18. The molecule has 0 radical (unpaired) electrons. The summed E-state index contributed by atoms with van der Waals surface area (Å²) in [6.45, 7) is 1.24. The lowest BCUT2D eigenvalue weighted by Gasteiger charge is -2.29. The van der Waals surface area contributed by atoms with Crippen LogP contribution in [0.3, 0.4) is 0 Å². The van der Waals surface area contributed by atoms with E-state index in [0.717, 1.165) is 39.0 Å². The molecule has 0 aliphatic carbocycles. The molecule has 1 N–H and O–H groups in total. The van der Waals surface area contributed by atoms with Gasteiger partial charge < -0.3 is 9.88 Å². The molecule has 2 heterocycles. The van der Waals surface area contributed by atoms with Crippen molar-refractivity contribution in [2.75, 3.05) is 6.54 Å². The summed E-state index contributed by atoms with van der Waals surface area (Å²) in [6, 6.07) is 11.0. The van der Waals surface area contributed by atoms with Crippen LogP contribution in [0.15, 0.2) is 40.9 Å². The van der Waals surface area contributed by atoms with Crippen LogP contribution >= 0.6 is 39.7 Å². The molecule has 1 aromatic heterocycles. The van der Waals surface area contributed by atoms with Crippen LogP contribution in [0.4, 0.5) is 4.39 Å². The van der Waals surface area contributed by atoms with E-state index in [2.05, 4.69) is 20.9 Å². The van der Waals surface area contributed by atoms with Crippen molar-refractivity contribution in [3.05, 3.63) is 68.5 Å². The van der Waals surface area contributed by atoms with Gasteiger partial charge in [-0.15, -0.1) is 0 Å². The van der Waals surface area contributed by atoms with Crippen LogP contribution in [0.2, 0.25) is 5.02 Å². The highest BCUT2D eigenvalue weighted by atomic mass is 79.9. The highest BCUT2D eigenvalue weighted by molar-refractivity contribution is 9.10. The third kappa shape index (κ3) is 2.75. The van der Waals surface area contributed by atoms with Gasteiger partial charge in [0, 0.05) is 39.1 Å². The molecule has 0 saturated heterocycles. The zero-order chi connectivity index (χ0) is 16.8. The zero-order valence-electron chi connectivity index (χ0n) is 12.6. The minimum atomic E-state index is -0.221. The lowest BCUT2D eigenvalue weighted by molar-refractivity contribution is 0.405. The Labute approximate surface area is 157 Å². The van der Waals surface area contributed by atoms with Crippen molar-refractivity contribution in [1.82, 2.24) is 9.88 Å². The number of hydrogen-bond donors (Lipinski definition) is 1. The Morgan fingerprint density at radius 3 is 2.88 bits per heavy atom. The smallest absolute Gasteiger partial charge is 0.129 e. The molecule has 0 saturated carbocycles. The van der Waals surface area contributed by atoms with E-state index in [1.165, 1.54) is 11.6 Å². The van der Waals surface area contributed by atoms with Gasteiger partial charge in [0.15, 0.2) is 0 Å². The molecule has 24 heavy (non-hydrogen) atoms. The molecule has 2 aromatic carbocycles. The number of nitrogens with zero attached hydrogens (tertiary/aromatic N) is 1. The number of rotatable bonds is 2. The van der Waals surface area contributed by atoms with Crippen LogP contribution in [0, 0.1) is 5.82 Å². The molecule has 1 aliphatic rings. The van der Waals surface area contributed by atoms with Crippen LogP contribution < -0.4 is 0 Å². The molecule has 0 unspecified atom stereocenters. The Hall–Kier alpha value is -1.43. The number of fused-ring (bicyclic) bond motifs is 3. The van der Waals surface area contributed by atoms with Gasteiger partial charge in [0.2, 0.25) is 0 Å². The van der Waals surface area contributed by atoms with Gasteiger partial charge in [-0.25, -0.2) is 4.39 Å². The minimum absolute atomic E-state index is 0.221. The molecule has 6 heteroatoms. The standard InChI is InChI=1S/C18H13BrClFN2S/c19-11-2-1-10(15(21)7-11)9-23-6-5-14-13-4-3-12(20)8-16(13)22-17(14)18(23)24/h1-4,7-8,22H,5-6,9H2. The summed E-state index contributed by atoms with van der Waals surface area (Å²) in [7, 11) is 0. The molecular formula is C18H13BrClFN2S. The Morgan fingerprint density at radius 2 is 2.08 bits per heavy atom. The van der Waals surface area contributed by atoms with Gasteiger partial charge in [-0.05, 0) is 36.2 Å².